The highest BCUT2D eigenvalue weighted by Crippen LogP contribution is 2.20. The standard InChI is InChI=1S/C11H15N3O4/c1-8-6-9(14(17)18)7-12-11(8)13(2)5-3-4-10(15)16/h6-7H,3-5H2,1-2H3,(H,15,16). The van der Waals surface area contributed by atoms with Crippen LogP contribution in [0.5, 0.6) is 0 Å². The predicted octanol–water partition coefficient (Wildman–Crippen LogP) is 1.60. The van der Waals surface area contributed by atoms with Crippen LogP contribution in [0.15, 0.2) is 12.3 Å². The fourth-order valence-corrected chi connectivity index (χ4v) is 1.63. The maximum atomic E-state index is 10.6. The zero-order chi connectivity index (χ0) is 13.7. The van der Waals surface area contributed by atoms with Crippen molar-refractivity contribution in [2.24, 2.45) is 0 Å². The summed E-state index contributed by atoms with van der Waals surface area (Å²) in [7, 11) is 1.78. The van der Waals surface area contributed by atoms with Crippen molar-refractivity contribution in [1.82, 2.24) is 4.98 Å². The number of nitro groups is 1. The van der Waals surface area contributed by atoms with Crippen LogP contribution in [0.1, 0.15) is 18.4 Å². The van der Waals surface area contributed by atoms with E-state index < -0.39 is 10.9 Å². The van der Waals surface area contributed by atoms with Gasteiger partial charge in [0.25, 0.3) is 5.69 Å². The fraction of sp³-hybridized carbons (Fsp3) is 0.455. The number of aliphatic carboxylic acids is 1. The molecule has 0 radical (unpaired) electrons. The molecular formula is C11H15N3O4. The van der Waals surface area contributed by atoms with Crippen LogP contribution in [0.2, 0.25) is 0 Å². The number of anilines is 1. The van der Waals surface area contributed by atoms with E-state index in [1.54, 1.807) is 18.9 Å². The van der Waals surface area contributed by atoms with Gasteiger partial charge in [0.05, 0.1) is 4.92 Å². The lowest BCUT2D eigenvalue weighted by Crippen LogP contribution is -2.21. The smallest absolute Gasteiger partial charge is 0.303 e. The summed E-state index contributed by atoms with van der Waals surface area (Å²) in [5, 5.41) is 19.1. The topological polar surface area (TPSA) is 96.6 Å². The third kappa shape index (κ3) is 3.69. The van der Waals surface area contributed by atoms with E-state index in [-0.39, 0.29) is 12.1 Å². The second-order valence-corrected chi connectivity index (χ2v) is 4.01. The van der Waals surface area contributed by atoms with Gasteiger partial charge in [0.1, 0.15) is 12.0 Å². The third-order valence-electron chi connectivity index (χ3n) is 2.49. The highest BCUT2D eigenvalue weighted by atomic mass is 16.6. The van der Waals surface area contributed by atoms with Crippen molar-refractivity contribution in [2.75, 3.05) is 18.5 Å². The molecule has 0 fully saturated rings. The molecule has 0 amide bonds. The van der Waals surface area contributed by atoms with E-state index >= 15 is 0 Å². The van der Waals surface area contributed by atoms with Gasteiger partial charge in [-0.05, 0) is 18.9 Å². The van der Waals surface area contributed by atoms with Gasteiger partial charge < -0.3 is 10.0 Å². The Hall–Kier alpha value is -2.18. The molecule has 1 N–H and O–H groups in total. The highest BCUT2D eigenvalue weighted by molar-refractivity contribution is 5.66. The molecule has 0 spiro atoms. The summed E-state index contributed by atoms with van der Waals surface area (Å²) in [6, 6.07) is 1.45. The number of rotatable bonds is 6. The van der Waals surface area contributed by atoms with Crippen molar-refractivity contribution in [3.63, 3.8) is 0 Å². The summed E-state index contributed by atoms with van der Waals surface area (Å²) < 4.78 is 0. The Kier molecular flexibility index (Phi) is 4.59. The van der Waals surface area contributed by atoms with Gasteiger partial charge in [0.2, 0.25) is 0 Å². The number of hydrogen-bond donors (Lipinski definition) is 1. The number of pyridine rings is 1. The summed E-state index contributed by atoms with van der Waals surface area (Å²) in [5.74, 6) is -0.206. The molecule has 7 heteroatoms. The molecule has 0 saturated heterocycles. The Morgan fingerprint density at radius 2 is 2.28 bits per heavy atom. The van der Waals surface area contributed by atoms with Crippen LogP contribution < -0.4 is 4.90 Å². The van der Waals surface area contributed by atoms with E-state index in [0.29, 0.717) is 24.3 Å². The van der Waals surface area contributed by atoms with Crippen LogP contribution in [0, 0.1) is 17.0 Å². The molecule has 1 aromatic rings. The molecule has 1 heterocycles. The molecule has 0 aliphatic rings. The molecular weight excluding hydrogens is 238 g/mol. The lowest BCUT2D eigenvalue weighted by atomic mass is 10.2. The van der Waals surface area contributed by atoms with Crippen LogP contribution in [-0.4, -0.2) is 34.6 Å². The van der Waals surface area contributed by atoms with E-state index in [2.05, 4.69) is 4.98 Å². The summed E-state index contributed by atoms with van der Waals surface area (Å²) in [6.45, 7) is 2.28. The molecule has 0 aliphatic carbocycles. The van der Waals surface area contributed by atoms with E-state index in [0.717, 1.165) is 0 Å². The van der Waals surface area contributed by atoms with Crippen molar-refractivity contribution < 1.29 is 14.8 Å². The molecule has 0 aliphatic heterocycles. The van der Waals surface area contributed by atoms with Crippen LogP contribution in [-0.2, 0) is 4.79 Å². The number of nitrogens with zero attached hydrogens (tertiary/aromatic N) is 3. The van der Waals surface area contributed by atoms with Crippen LogP contribution in [0.25, 0.3) is 0 Å². The zero-order valence-electron chi connectivity index (χ0n) is 10.3. The molecule has 0 unspecified atom stereocenters. The molecule has 0 atom stereocenters. The van der Waals surface area contributed by atoms with E-state index in [1.807, 2.05) is 0 Å². The molecule has 0 bridgehead atoms. The maximum Gasteiger partial charge on any atom is 0.303 e. The van der Waals surface area contributed by atoms with Crippen LogP contribution in [0.3, 0.4) is 0 Å². The fourth-order valence-electron chi connectivity index (χ4n) is 1.63. The minimum atomic E-state index is -0.836. The second kappa shape index (κ2) is 5.95. The molecule has 7 nitrogen and oxygen atoms in total. The van der Waals surface area contributed by atoms with E-state index in [4.69, 9.17) is 5.11 Å². The quantitative estimate of drug-likeness (QED) is 0.611. The number of carboxylic acids is 1. The number of aromatic nitrogens is 1. The van der Waals surface area contributed by atoms with E-state index in [9.17, 15) is 14.9 Å². The first-order valence-corrected chi connectivity index (χ1v) is 5.45. The van der Waals surface area contributed by atoms with Gasteiger partial charge in [0, 0.05) is 26.1 Å². The van der Waals surface area contributed by atoms with E-state index in [1.165, 1.54) is 12.3 Å². The first kappa shape index (κ1) is 13.9. The number of carboxylic acid groups (broad SMARTS) is 1. The number of carbonyl (C=O) groups is 1. The Labute approximate surface area is 104 Å². The molecule has 1 aromatic heterocycles. The lowest BCUT2D eigenvalue weighted by Gasteiger charge is -2.19. The zero-order valence-corrected chi connectivity index (χ0v) is 10.3. The Balaban J connectivity index is 2.71. The average Bonchev–Trinajstić information content (AvgIpc) is 2.27. The SMILES string of the molecule is Cc1cc([N+](=O)[O-])cnc1N(C)CCCC(=O)O. The molecule has 18 heavy (non-hydrogen) atoms. The lowest BCUT2D eigenvalue weighted by molar-refractivity contribution is -0.385. The predicted molar refractivity (Wildman–Crippen MR) is 65.8 cm³/mol. The van der Waals surface area contributed by atoms with Crippen molar-refractivity contribution in [3.8, 4) is 0 Å². The number of hydrogen-bond acceptors (Lipinski definition) is 5. The van der Waals surface area contributed by atoms with Gasteiger partial charge >= 0.3 is 5.97 Å². The van der Waals surface area contributed by atoms with Gasteiger partial charge in [-0.1, -0.05) is 0 Å². The van der Waals surface area contributed by atoms with Gasteiger partial charge in [-0.25, -0.2) is 4.98 Å². The van der Waals surface area contributed by atoms with Crippen LogP contribution in [0.4, 0.5) is 11.5 Å². The van der Waals surface area contributed by atoms with Crippen LogP contribution >= 0.6 is 0 Å². The van der Waals surface area contributed by atoms with Gasteiger partial charge in [-0.15, -0.1) is 0 Å². The number of aryl methyl sites for hydroxylation is 1. The summed E-state index contributed by atoms with van der Waals surface area (Å²) in [4.78, 5) is 26.3. The van der Waals surface area contributed by atoms with Gasteiger partial charge in [-0.3, -0.25) is 14.9 Å². The maximum absolute atomic E-state index is 10.6. The monoisotopic (exact) mass is 253 g/mol. The van der Waals surface area contributed by atoms with Crippen molar-refractivity contribution in [2.45, 2.75) is 19.8 Å². The van der Waals surface area contributed by atoms with Gasteiger partial charge in [0.15, 0.2) is 0 Å². The second-order valence-electron chi connectivity index (χ2n) is 4.01. The van der Waals surface area contributed by atoms with Crippen molar-refractivity contribution >= 4 is 17.5 Å². The molecule has 1 rings (SSSR count). The van der Waals surface area contributed by atoms with Crippen molar-refractivity contribution in [3.05, 3.63) is 27.9 Å². The Bertz CT molecular complexity index is 462. The van der Waals surface area contributed by atoms with Gasteiger partial charge in [-0.2, -0.15) is 0 Å². The summed E-state index contributed by atoms with van der Waals surface area (Å²) >= 11 is 0. The highest BCUT2D eigenvalue weighted by Gasteiger charge is 2.12. The Morgan fingerprint density at radius 3 is 2.78 bits per heavy atom. The minimum Gasteiger partial charge on any atom is -0.481 e. The molecule has 98 valence electrons. The normalized spacial score (nSPS) is 10.1. The largest absolute Gasteiger partial charge is 0.481 e. The molecule has 0 saturated carbocycles. The summed E-state index contributed by atoms with van der Waals surface area (Å²) in [5.41, 5.74) is 0.650. The first-order chi connectivity index (χ1) is 8.41. The third-order valence-corrected chi connectivity index (χ3v) is 2.49. The molecule has 0 aromatic carbocycles. The Morgan fingerprint density at radius 1 is 1.61 bits per heavy atom. The minimum absolute atomic E-state index is 0.0461. The average molecular weight is 253 g/mol. The van der Waals surface area contributed by atoms with Crippen molar-refractivity contribution in [1.29, 1.82) is 0 Å². The summed E-state index contributed by atoms with van der Waals surface area (Å²) in [6.07, 6.45) is 1.80. The first-order valence-electron chi connectivity index (χ1n) is 5.45.